The minimum atomic E-state index is 0.276. The molecule has 1 aromatic carbocycles. The van der Waals surface area contributed by atoms with E-state index in [-0.39, 0.29) is 6.54 Å². The van der Waals surface area contributed by atoms with Crippen molar-refractivity contribution in [3.63, 3.8) is 0 Å². The molecule has 0 fully saturated rings. The second-order valence-corrected chi connectivity index (χ2v) is 3.53. The number of hydrogen-bond donors (Lipinski definition) is 1. The molecule has 1 heterocycles. The summed E-state index contributed by atoms with van der Waals surface area (Å²) in [6, 6.07) is 6.12. The summed E-state index contributed by atoms with van der Waals surface area (Å²) < 4.78 is 4.97. The van der Waals surface area contributed by atoms with Crippen LogP contribution in [0.1, 0.15) is 17.0 Å². The molecule has 1 aromatic heterocycles. The Morgan fingerprint density at radius 3 is 2.73 bits per heavy atom. The van der Waals surface area contributed by atoms with E-state index in [2.05, 4.69) is 23.1 Å². The maximum atomic E-state index is 5.41. The molecule has 0 radical (unpaired) electrons. The first-order valence-electron chi connectivity index (χ1n) is 4.81. The van der Waals surface area contributed by atoms with Gasteiger partial charge in [0, 0.05) is 5.56 Å². The van der Waals surface area contributed by atoms with Crippen molar-refractivity contribution in [2.75, 3.05) is 0 Å². The SMILES string of the molecule is Cc1ccc(-c2noc(CN)n2)c(C)c1. The van der Waals surface area contributed by atoms with E-state index in [0.717, 1.165) is 11.1 Å². The topological polar surface area (TPSA) is 64.9 Å². The molecule has 0 saturated heterocycles. The average molecular weight is 203 g/mol. The molecular formula is C11H13N3O. The fourth-order valence-electron chi connectivity index (χ4n) is 1.51. The van der Waals surface area contributed by atoms with E-state index in [1.165, 1.54) is 5.56 Å². The number of hydrogen-bond acceptors (Lipinski definition) is 4. The van der Waals surface area contributed by atoms with E-state index >= 15 is 0 Å². The van der Waals surface area contributed by atoms with E-state index in [1.54, 1.807) is 0 Å². The standard InChI is InChI=1S/C11H13N3O/c1-7-3-4-9(8(2)5-7)11-13-10(6-12)15-14-11/h3-5H,6,12H2,1-2H3. The van der Waals surface area contributed by atoms with Crippen LogP contribution < -0.4 is 5.73 Å². The third-order valence-electron chi connectivity index (χ3n) is 2.27. The van der Waals surface area contributed by atoms with Crippen LogP contribution >= 0.6 is 0 Å². The van der Waals surface area contributed by atoms with Gasteiger partial charge in [-0.1, -0.05) is 28.9 Å². The number of aromatic nitrogens is 2. The van der Waals surface area contributed by atoms with E-state index < -0.39 is 0 Å². The van der Waals surface area contributed by atoms with Gasteiger partial charge >= 0.3 is 0 Å². The van der Waals surface area contributed by atoms with E-state index in [0.29, 0.717) is 11.7 Å². The fraction of sp³-hybridized carbons (Fsp3) is 0.273. The van der Waals surface area contributed by atoms with Crippen LogP contribution in [0.15, 0.2) is 22.7 Å². The Bertz CT molecular complexity index is 476. The highest BCUT2D eigenvalue weighted by atomic mass is 16.5. The van der Waals surface area contributed by atoms with Gasteiger partial charge in [-0.25, -0.2) is 0 Å². The Kier molecular flexibility index (Phi) is 2.51. The number of nitrogens with two attached hydrogens (primary N) is 1. The van der Waals surface area contributed by atoms with Crippen molar-refractivity contribution in [1.29, 1.82) is 0 Å². The van der Waals surface area contributed by atoms with Crippen LogP contribution in [0.2, 0.25) is 0 Å². The van der Waals surface area contributed by atoms with Gasteiger partial charge in [0.1, 0.15) is 0 Å². The van der Waals surface area contributed by atoms with Crippen molar-refractivity contribution in [2.45, 2.75) is 20.4 Å². The predicted octanol–water partition coefficient (Wildman–Crippen LogP) is 1.81. The monoisotopic (exact) mass is 203 g/mol. The molecule has 0 spiro atoms. The molecule has 0 unspecified atom stereocenters. The molecular weight excluding hydrogens is 190 g/mol. The van der Waals surface area contributed by atoms with Crippen molar-refractivity contribution in [3.8, 4) is 11.4 Å². The minimum absolute atomic E-state index is 0.276. The lowest BCUT2D eigenvalue weighted by atomic mass is 10.1. The summed E-state index contributed by atoms with van der Waals surface area (Å²) in [6.45, 7) is 4.36. The molecule has 4 heteroatoms. The molecule has 0 bridgehead atoms. The van der Waals surface area contributed by atoms with Crippen LogP contribution in [0.3, 0.4) is 0 Å². The Morgan fingerprint density at radius 2 is 2.13 bits per heavy atom. The van der Waals surface area contributed by atoms with E-state index in [1.807, 2.05) is 19.1 Å². The Hall–Kier alpha value is -1.68. The molecule has 2 rings (SSSR count). The van der Waals surface area contributed by atoms with Gasteiger partial charge in [-0.3, -0.25) is 0 Å². The lowest BCUT2D eigenvalue weighted by molar-refractivity contribution is 0.380. The second-order valence-electron chi connectivity index (χ2n) is 3.53. The van der Waals surface area contributed by atoms with Crippen molar-refractivity contribution < 1.29 is 4.52 Å². The fourth-order valence-corrected chi connectivity index (χ4v) is 1.51. The van der Waals surface area contributed by atoms with Gasteiger partial charge in [-0.05, 0) is 19.4 Å². The van der Waals surface area contributed by atoms with Gasteiger partial charge in [0.05, 0.1) is 6.54 Å². The predicted molar refractivity (Wildman–Crippen MR) is 57.1 cm³/mol. The molecule has 0 atom stereocenters. The van der Waals surface area contributed by atoms with Crippen molar-refractivity contribution in [2.24, 2.45) is 5.73 Å². The highest BCUT2D eigenvalue weighted by Gasteiger charge is 2.09. The number of rotatable bonds is 2. The molecule has 0 aliphatic carbocycles. The lowest BCUT2D eigenvalue weighted by Gasteiger charge is -2.01. The maximum absolute atomic E-state index is 5.41. The number of aryl methyl sites for hydroxylation is 2. The molecule has 0 aliphatic rings. The van der Waals surface area contributed by atoms with Crippen molar-refractivity contribution in [3.05, 3.63) is 35.2 Å². The molecule has 0 aliphatic heterocycles. The van der Waals surface area contributed by atoms with Crippen molar-refractivity contribution >= 4 is 0 Å². The normalized spacial score (nSPS) is 10.6. The van der Waals surface area contributed by atoms with Gasteiger partial charge in [0.25, 0.3) is 0 Å². The summed E-state index contributed by atoms with van der Waals surface area (Å²) in [6.07, 6.45) is 0. The molecule has 0 saturated carbocycles. The molecule has 2 N–H and O–H groups in total. The number of nitrogens with zero attached hydrogens (tertiary/aromatic N) is 2. The Balaban J connectivity index is 2.44. The first-order valence-corrected chi connectivity index (χ1v) is 4.81. The van der Waals surface area contributed by atoms with Gasteiger partial charge in [-0.2, -0.15) is 4.98 Å². The van der Waals surface area contributed by atoms with Crippen LogP contribution in [0.5, 0.6) is 0 Å². The first kappa shape index (κ1) is 9.86. The summed E-state index contributed by atoms with van der Waals surface area (Å²) in [5.74, 6) is 1.07. The second kappa shape index (κ2) is 3.82. The van der Waals surface area contributed by atoms with Gasteiger partial charge < -0.3 is 10.3 Å². The van der Waals surface area contributed by atoms with Crippen LogP contribution in [-0.4, -0.2) is 10.1 Å². The zero-order valence-electron chi connectivity index (χ0n) is 8.82. The average Bonchev–Trinajstić information content (AvgIpc) is 2.66. The minimum Gasteiger partial charge on any atom is -0.338 e. The quantitative estimate of drug-likeness (QED) is 0.808. The molecule has 78 valence electrons. The lowest BCUT2D eigenvalue weighted by Crippen LogP contribution is -1.95. The molecule has 4 nitrogen and oxygen atoms in total. The molecule has 2 aromatic rings. The molecule has 0 amide bonds. The van der Waals surface area contributed by atoms with Crippen molar-refractivity contribution in [1.82, 2.24) is 10.1 Å². The third-order valence-corrected chi connectivity index (χ3v) is 2.27. The Morgan fingerprint density at radius 1 is 1.33 bits per heavy atom. The summed E-state index contributed by atoms with van der Waals surface area (Å²) in [7, 11) is 0. The third kappa shape index (κ3) is 1.89. The largest absolute Gasteiger partial charge is 0.338 e. The summed E-state index contributed by atoms with van der Waals surface area (Å²) >= 11 is 0. The van der Waals surface area contributed by atoms with Crippen LogP contribution in [0, 0.1) is 13.8 Å². The maximum Gasteiger partial charge on any atom is 0.240 e. The zero-order valence-corrected chi connectivity index (χ0v) is 8.82. The highest BCUT2D eigenvalue weighted by molar-refractivity contribution is 5.59. The van der Waals surface area contributed by atoms with Gasteiger partial charge in [0.2, 0.25) is 11.7 Å². The first-order chi connectivity index (χ1) is 7.20. The zero-order chi connectivity index (χ0) is 10.8. The number of benzene rings is 1. The molecule has 15 heavy (non-hydrogen) atoms. The smallest absolute Gasteiger partial charge is 0.240 e. The summed E-state index contributed by atoms with van der Waals surface area (Å²) in [4.78, 5) is 4.19. The van der Waals surface area contributed by atoms with Crippen LogP contribution in [0.25, 0.3) is 11.4 Å². The van der Waals surface area contributed by atoms with Gasteiger partial charge in [-0.15, -0.1) is 0 Å². The van der Waals surface area contributed by atoms with Gasteiger partial charge in [0.15, 0.2) is 0 Å². The van der Waals surface area contributed by atoms with E-state index in [4.69, 9.17) is 10.3 Å². The van der Waals surface area contributed by atoms with Crippen LogP contribution in [-0.2, 0) is 6.54 Å². The van der Waals surface area contributed by atoms with Crippen LogP contribution in [0.4, 0.5) is 0 Å². The summed E-state index contributed by atoms with van der Waals surface area (Å²) in [5, 5.41) is 3.88. The van der Waals surface area contributed by atoms with E-state index in [9.17, 15) is 0 Å². The summed E-state index contributed by atoms with van der Waals surface area (Å²) in [5.41, 5.74) is 8.76. The Labute approximate surface area is 88.1 Å². The highest BCUT2D eigenvalue weighted by Crippen LogP contribution is 2.21.